The van der Waals surface area contributed by atoms with Crippen LogP contribution in [0.4, 0.5) is 0 Å². The first kappa shape index (κ1) is 15.5. The van der Waals surface area contributed by atoms with Gasteiger partial charge < -0.3 is 5.32 Å². The zero-order valence-corrected chi connectivity index (χ0v) is 13.6. The molecule has 1 saturated carbocycles. The summed E-state index contributed by atoms with van der Waals surface area (Å²) in [5, 5.41) is 3.11. The summed E-state index contributed by atoms with van der Waals surface area (Å²) in [5.41, 5.74) is 1.78. The predicted molar refractivity (Wildman–Crippen MR) is 85.5 cm³/mol. The molecule has 0 aromatic heterocycles. The quantitative estimate of drug-likeness (QED) is 0.930. The fourth-order valence-corrected chi connectivity index (χ4v) is 5.10. The minimum Gasteiger partial charge on any atom is -0.353 e. The monoisotopic (exact) mass is 321 g/mol. The van der Waals surface area contributed by atoms with Crippen molar-refractivity contribution in [3.8, 4) is 0 Å². The first-order valence-corrected chi connectivity index (χ1v) is 9.84. The molecule has 1 aliphatic heterocycles. The molecule has 0 bridgehead atoms. The second kappa shape index (κ2) is 6.41. The number of carbonyl (C=O) groups excluding carboxylic acids is 1. The van der Waals surface area contributed by atoms with Crippen molar-refractivity contribution in [2.24, 2.45) is 0 Å². The normalized spacial score (nSPS) is 21.1. The molecule has 22 heavy (non-hydrogen) atoms. The third kappa shape index (κ3) is 3.51. The highest BCUT2D eigenvalue weighted by molar-refractivity contribution is 7.91. The molecule has 1 aromatic rings. The topological polar surface area (TPSA) is 63.2 Å². The third-order valence-electron chi connectivity index (χ3n) is 4.65. The number of benzene rings is 1. The Kier molecular flexibility index (Phi) is 4.52. The second-order valence-corrected chi connectivity index (χ2v) is 8.52. The van der Waals surface area contributed by atoms with E-state index in [1.165, 1.54) is 19.3 Å². The van der Waals surface area contributed by atoms with Crippen LogP contribution < -0.4 is 5.32 Å². The van der Waals surface area contributed by atoms with Crippen molar-refractivity contribution in [1.82, 2.24) is 5.32 Å². The number of nitrogens with one attached hydrogen (secondary N) is 1. The van der Waals surface area contributed by atoms with Crippen molar-refractivity contribution >= 4 is 15.7 Å². The summed E-state index contributed by atoms with van der Waals surface area (Å²) in [5.74, 6) is 0.284. The average Bonchev–Trinajstić information content (AvgIpc) is 2.47. The summed E-state index contributed by atoms with van der Waals surface area (Å²) in [6, 6.07) is 5.67. The van der Waals surface area contributed by atoms with Crippen LogP contribution in [-0.4, -0.2) is 26.1 Å². The number of rotatable bonds is 3. The van der Waals surface area contributed by atoms with Crippen LogP contribution >= 0.6 is 0 Å². The van der Waals surface area contributed by atoms with Crippen molar-refractivity contribution in [3.05, 3.63) is 29.3 Å². The van der Waals surface area contributed by atoms with Crippen molar-refractivity contribution in [1.29, 1.82) is 0 Å². The first-order valence-electron chi connectivity index (χ1n) is 8.18. The molecule has 0 atom stereocenters. The predicted octanol–water partition coefficient (Wildman–Crippen LogP) is 2.40. The number of hydrogen-bond donors (Lipinski definition) is 1. The number of aryl methyl sites for hydroxylation is 1. The van der Waals surface area contributed by atoms with Gasteiger partial charge in [-0.15, -0.1) is 0 Å². The maximum Gasteiger partial charge on any atom is 0.224 e. The summed E-state index contributed by atoms with van der Waals surface area (Å²) in [7, 11) is -3.11. The van der Waals surface area contributed by atoms with Gasteiger partial charge in [-0.1, -0.05) is 31.4 Å². The van der Waals surface area contributed by atoms with Crippen LogP contribution in [0.5, 0.6) is 0 Å². The molecule has 3 rings (SSSR count). The van der Waals surface area contributed by atoms with E-state index >= 15 is 0 Å². The lowest BCUT2D eigenvalue weighted by atomic mass is 9.95. The SMILES string of the molecule is O=C(Cc1ccc2c(c1)CCCS2(=O)=O)NC1CCCCC1. The van der Waals surface area contributed by atoms with Gasteiger partial charge in [0.1, 0.15) is 0 Å². The van der Waals surface area contributed by atoms with Crippen LogP contribution in [-0.2, 0) is 27.5 Å². The Hall–Kier alpha value is -1.36. The Morgan fingerprint density at radius 1 is 1.14 bits per heavy atom. The number of fused-ring (bicyclic) bond motifs is 1. The van der Waals surface area contributed by atoms with E-state index in [1.54, 1.807) is 12.1 Å². The Morgan fingerprint density at radius 2 is 1.91 bits per heavy atom. The van der Waals surface area contributed by atoms with Crippen molar-refractivity contribution in [2.45, 2.75) is 62.3 Å². The van der Waals surface area contributed by atoms with Gasteiger partial charge in [-0.3, -0.25) is 4.79 Å². The van der Waals surface area contributed by atoms with Gasteiger partial charge in [-0.2, -0.15) is 0 Å². The van der Waals surface area contributed by atoms with Crippen LogP contribution in [0, 0.1) is 0 Å². The molecule has 1 N–H and O–H groups in total. The van der Waals surface area contributed by atoms with Gasteiger partial charge in [0.2, 0.25) is 5.91 Å². The molecular formula is C17H23NO3S. The maximum atomic E-state index is 12.1. The molecular weight excluding hydrogens is 298 g/mol. The van der Waals surface area contributed by atoms with Gasteiger partial charge >= 0.3 is 0 Å². The van der Waals surface area contributed by atoms with Gasteiger partial charge in [0.25, 0.3) is 0 Å². The van der Waals surface area contributed by atoms with Crippen molar-refractivity contribution in [3.63, 3.8) is 0 Å². The lowest BCUT2D eigenvalue weighted by Crippen LogP contribution is -2.37. The van der Waals surface area contributed by atoms with E-state index in [4.69, 9.17) is 0 Å². The highest BCUT2D eigenvalue weighted by Gasteiger charge is 2.24. The summed E-state index contributed by atoms with van der Waals surface area (Å²) >= 11 is 0. The van der Waals surface area contributed by atoms with Crippen LogP contribution in [0.25, 0.3) is 0 Å². The van der Waals surface area contributed by atoms with Gasteiger partial charge in [-0.05, 0) is 42.9 Å². The molecule has 4 nitrogen and oxygen atoms in total. The molecule has 0 saturated heterocycles. The summed E-state index contributed by atoms with van der Waals surface area (Å²) in [4.78, 5) is 12.6. The summed E-state index contributed by atoms with van der Waals surface area (Å²) < 4.78 is 24.0. The molecule has 1 amide bonds. The van der Waals surface area contributed by atoms with Crippen LogP contribution in [0.3, 0.4) is 0 Å². The average molecular weight is 321 g/mol. The molecule has 0 spiro atoms. The molecule has 0 radical (unpaired) electrons. The minimum atomic E-state index is -3.11. The second-order valence-electron chi connectivity index (χ2n) is 6.44. The molecule has 1 aromatic carbocycles. The van der Waals surface area contributed by atoms with Crippen molar-refractivity contribution < 1.29 is 13.2 Å². The van der Waals surface area contributed by atoms with E-state index in [0.717, 1.165) is 30.4 Å². The molecule has 1 aliphatic carbocycles. The van der Waals surface area contributed by atoms with E-state index in [2.05, 4.69) is 5.32 Å². The number of hydrogen-bond acceptors (Lipinski definition) is 3. The van der Waals surface area contributed by atoms with Gasteiger partial charge in [0.05, 0.1) is 17.1 Å². The summed E-state index contributed by atoms with van der Waals surface area (Å²) in [6.07, 6.45) is 7.61. The zero-order valence-electron chi connectivity index (χ0n) is 12.8. The Balaban J connectivity index is 1.67. The van der Waals surface area contributed by atoms with E-state index in [0.29, 0.717) is 23.8 Å². The standard InChI is InChI=1S/C17H23NO3S/c19-17(18-15-6-2-1-3-7-15)12-13-8-9-16-14(11-13)5-4-10-22(16,20)21/h8-9,11,15H,1-7,10,12H2,(H,18,19). The van der Waals surface area contributed by atoms with Gasteiger partial charge in [0, 0.05) is 6.04 Å². The molecule has 5 heteroatoms. The van der Waals surface area contributed by atoms with Gasteiger partial charge in [0.15, 0.2) is 9.84 Å². The maximum absolute atomic E-state index is 12.1. The number of sulfone groups is 1. The Morgan fingerprint density at radius 3 is 2.68 bits per heavy atom. The largest absolute Gasteiger partial charge is 0.353 e. The molecule has 2 aliphatic rings. The lowest BCUT2D eigenvalue weighted by Gasteiger charge is -2.23. The molecule has 0 unspecified atom stereocenters. The zero-order chi connectivity index (χ0) is 15.6. The van der Waals surface area contributed by atoms with Crippen molar-refractivity contribution in [2.75, 3.05) is 5.75 Å². The number of amides is 1. The molecule has 1 heterocycles. The van der Waals surface area contributed by atoms with Crippen LogP contribution in [0.1, 0.15) is 49.7 Å². The summed E-state index contributed by atoms with van der Waals surface area (Å²) in [6.45, 7) is 0. The van der Waals surface area contributed by atoms with Crippen LogP contribution in [0.2, 0.25) is 0 Å². The van der Waals surface area contributed by atoms with E-state index in [9.17, 15) is 13.2 Å². The third-order valence-corrected chi connectivity index (χ3v) is 6.55. The van der Waals surface area contributed by atoms with E-state index < -0.39 is 9.84 Å². The van der Waals surface area contributed by atoms with Gasteiger partial charge in [-0.25, -0.2) is 8.42 Å². The van der Waals surface area contributed by atoms with Crippen LogP contribution in [0.15, 0.2) is 23.1 Å². The fourth-order valence-electron chi connectivity index (χ4n) is 3.52. The fraction of sp³-hybridized carbons (Fsp3) is 0.588. The van der Waals surface area contributed by atoms with E-state index in [-0.39, 0.29) is 11.7 Å². The Bertz CT molecular complexity index is 660. The molecule has 1 fully saturated rings. The highest BCUT2D eigenvalue weighted by atomic mass is 32.2. The Labute approximate surface area is 132 Å². The lowest BCUT2D eigenvalue weighted by molar-refractivity contribution is -0.121. The smallest absolute Gasteiger partial charge is 0.224 e. The number of carbonyl (C=O) groups is 1. The first-order chi connectivity index (χ1) is 10.5. The molecule has 120 valence electrons. The van der Waals surface area contributed by atoms with E-state index in [1.807, 2.05) is 6.07 Å². The minimum absolute atomic E-state index is 0.0468. The highest BCUT2D eigenvalue weighted by Crippen LogP contribution is 2.26.